The average molecular weight is 402 g/mol. The van der Waals surface area contributed by atoms with Crippen LogP contribution < -0.4 is 15.5 Å². The zero-order valence-corrected chi connectivity index (χ0v) is 16.9. The Kier molecular flexibility index (Phi) is 7.04. The van der Waals surface area contributed by atoms with E-state index >= 15 is 0 Å². The summed E-state index contributed by atoms with van der Waals surface area (Å²) in [5, 5.41) is 5.85. The van der Waals surface area contributed by atoms with E-state index in [4.69, 9.17) is 0 Å². The van der Waals surface area contributed by atoms with Gasteiger partial charge in [0.05, 0.1) is 0 Å². The minimum atomic E-state index is -0.838. The first kappa shape index (κ1) is 21.0. The van der Waals surface area contributed by atoms with Gasteiger partial charge in [0.15, 0.2) is 11.6 Å². The third-order valence-electron chi connectivity index (χ3n) is 5.15. The van der Waals surface area contributed by atoms with Crippen LogP contribution in [0.3, 0.4) is 0 Å². The van der Waals surface area contributed by atoms with Crippen LogP contribution in [0.5, 0.6) is 0 Å². The number of hydrogen-bond donors (Lipinski definition) is 2. The van der Waals surface area contributed by atoms with Crippen LogP contribution in [-0.4, -0.2) is 44.7 Å². The number of urea groups is 1. The van der Waals surface area contributed by atoms with E-state index in [-0.39, 0.29) is 11.9 Å². The summed E-state index contributed by atoms with van der Waals surface area (Å²) in [7, 11) is 4.03. The second-order valence-corrected chi connectivity index (χ2v) is 7.77. The molecule has 2 amide bonds. The Labute approximate surface area is 170 Å². The summed E-state index contributed by atoms with van der Waals surface area (Å²) in [6.07, 6.45) is 0.894. The van der Waals surface area contributed by atoms with Crippen molar-refractivity contribution < 1.29 is 13.6 Å². The Morgan fingerprint density at radius 2 is 1.86 bits per heavy atom. The predicted octanol–water partition coefficient (Wildman–Crippen LogP) is 3.35. The molecule has 156 valence electrons. The maximum Gasteiger partial charge on any atom is 0.315 e. The van der Waals surface area contributed by atoms with Gasteiger partial charge in [0.25, 0.3) is 0 Å². The van der Waals surface area contributed by atoms with E-state index in [2.05, 4.69) is 21.6 Å². The Balaban J connectivity index is 1.44. The summed E-state index contributed by atoms with van der Waals surface area (Å²) in [6, 6.07) is 11.8. The fourth-order valence-electron chi connectivity index (χ4n) is 3.62. The van der Waals surface area contributed by atoms with E-state index in [0.717, 1.165) is 31.1 Å². The highest BCUT2D eigenvalue weighted by Crippen LogP contribution is 2.25. The van der Waals surface area contributed by atoms with Crippen LogP contribution in [0.15, 0.2) is 42.5 Å². The number of benzene rings is 2. The predicted molar refractivity (Wildman–Crippen MR) is 111 cm³/mol. The lowest BCUT2D eigenvalue weighted by molar-refractivity contribution is 0.239. The summed E-state index contributed by atoms with van der Waals surface area (Å²) < 4.78 is 26.5. The van der Waals surface area contributed by atoms with Gasteiger partial charge >= 0.3 is 6.03 Å². The topological polar surface area (TPSA) is 47.6 Å². The zero-order chi connectivity index (χ0) is 20.8. The number of carbonyl (C=O) groups excluding carboxylic acids is 1. The fraction of sp³-hybridized carbons (Fsp3) is 0.409. The van der Waals surface area contributed by atoms with Crippen LogP contribution in [0.4, 0.5) is 19.3 Å². The SMILES string of the molecule is CN(C)Cc1ccccc1CNC(=O)NCC1CCN(c2ccc(F)c(F)c2)C1. The Morgan fingerprint density at radius 3 is 2.59 bits per heavy atom. The van der Waals surface area contributed by atoms with Crippen LogP contribution in [0.1, 0.15) is 17.5 Å². The molecule has 0 bridgehead atoms. The van der Waals surface area contributed by atoms with E-state index in [9.17, 15) is 13.6 Å². The van der Waals surface area contributed by atoms with Gasteiger partial charge in [-0.25, -0.2) is 13.6 Å². The van der Waals surface area contributed by atoms with Gasteiger partial charge in [0.1, 0.15) is 0 Å². The number of rotatable bonds is 7. The van der Waals surface area contributed by atoms with E-state index in [1.165, 1.54) is 11.6 Å². The Bertz CT molecular complexity index is 843. The molecule has 0 aromatic heterocycles. The van der Waals surface area contributed by atoms with Crippen molar-refractivity contribution in [1.29, 1.82) is 0 Å². The third-order valence-corrected chi connectivity index (χ3v) is 5.15. The highest BCUT2D eigenvalue weighted by atomic mass is 19.2. The first-order chi connectivity index (χ1) is 13.9. The molecule has 5 nitrogen and oxygen atoms in total. The molecule has 1 saturated heterocycles. The van der Waals surface area contributed by atoms with E-state index in [0.29, 0.717) is 25.3 Å². The molecule has 1 aliphatic heterocycles. The van der Waals surface area contributed by atoms with Crippen molar-refractivity contribution in [1.82, 2.24) is 15.5 Å². The molecule has 1 atom stereocenters. The second-order valence-electron chi connectivity index (χ2n) is 7.77. The summed E-state index contributed by atoms with van der Waals surface area (Å²) in [4.78, 5) is 16.3. The molecule has 29 heavy (non-hydrogen) atoms. The molecule has 2 aromatic carbocycles. The average Bonchev–Trinajstić information content (AvgIpc) is 3.16. The monoisotopic (exact) mass is 402 g/mol. The highest BCUT2D eigenvalue weighted by Gasteiger charge is 2.23. The van der Waals surface area contributed by atoms with Gasteiger partial charge in [-0.15, -0.1) is 0 Å². The summed E-state index contributed by atoms with van der Waals surface area (Å²) >= 11 is 0. The van der Waals surface area contributed by atoms with Gasteiger partial charge in [0.2, 0.25) is 0 Å². The molecule has 1 fully saturated rings. The molecule has 1 heterocycles. The quantitative estimate of drug-likeness (QED) is 0.747. The first-order valence-electron chi connectivity index (χ1n) is 9.85. The van der Waals surface area contributed by atoms with Crippen molar-refractivity contribution in [3.05, 3.63) is 65.2 Å². The number of carbonyl (C=O) groups is 1. The van der Waals surface area contributed by atoms with Crippen LogP contribution in [0.25, 0.3) is 0 Å². The van der Waals surface area contributed by atoms with Crippen molar-refractivity contribution in [3.8, 4) is 0 Å². The number of halogens is 2. The molecule has 2 N–H and O–H groups in total. The number of nitrogens with one attached hydrogen (secondary N) is 2. The molecule has 1 aliphatic rings. The molecule has 2 aromatic rings. The van der Waals surface area contributed by atoms with Crippen molar-refractivity contribution >= 4 is 11.7 Å². The van der Waals surface area contributed by atoms with Crippen LogP contribution in [-0.2, 0) is 13.1 Å². The van der Waals surface area contributed by atoms with Crippen LogP contribution in [0, 0.1) is 17.6 Å². The maximum atomic E-state index is 13.4. The van der Waals surface area contributed by atoms with E-state index < -0.39 is 11.6 Å². The third kappa shape index (κ3) is 5.90. The number of anilines is 1. The maximum absolute atomic E-state index is 13.4. The summed E-state index contributed by atoms with van der Waals surface area (Å²) in [5.74, 6) is -1.40. The summed E-state index contributed by atoms with van der Waals surface area (Å²) in [5.41, 5.74) is 2.96. The molecule has 0 aliphatic carbocycles. The molecular formula is C22H28F2N4O. The smallest absolute Gasteiger partial charge is 0.315 e. The standard InChI is InChI=1S/C22H28F2N4O/c1-27(2)15-18-6-4-3-5-17(18)13-26-22(29)25-12-16-9-10-28(14-16)19-7-8-20(23)21(24)11-19/h3-8,11,16H,9-10,12-15H2,1-2H3,(H2,25,26,29). The molecule has 1 unspecified atom stereocenters. The van der Waals surface area contributed by atoms with Crippen molar-refractivity contribution in [2.75, 3.05) is 38.6 Å². The van der Waals surface area contributed by atoms with Gasteiger partial charge < -0.3 is 20.4 Å². The van der Waals surface area contributed by atoms with Crippen molar-refractivity contribution in [2.45, 2.75) is 19.5 Å². The van der Waals surface area contributed by atoms with Gasteiger partial charge in [-0.1, -0.05) is 24.3 Å². The molecule has 0 saturated carbocycles. The normalized spacial score (nSPS) is 16.3. The second kappa shape index (κ2) is 9.69. The summed E-state index contributed by atoms with van der Waals surface area (Å²) in [6.45, 7) is 3.31. The largest absolute Gasteiger partial charge is 0.371 e. The van der Waals surface area contributed by atoms with Gasteiger partial charge in [0, 0.05) is 44.5 Å². The highest BCUT2D eigenvalue weighted by molar-refractivity contribution is 5.73. The fourth-order valence-corrected chi connectivity index (χ4v) is 3.62. The lowest BCUT2D eigenvalue weighted by atomic mass is 10.1. The Morgan fingerprint density at radius 1 is 1.10 bits per heavy atom. The van der Waals surface area contributed by atoms with Gasteiger partial charge in [-0.05, 0) is 49.7 Å². The molecule has 7 heteroatoms. The van der Waals surface area contributed by atoms with Crippen LogP contribution >= 0.6 is 0 Å². The minimum absolute atomic E-state index is 0.198. The Hall–Kier alpha value is -2.67. The lowest BCUT2D eigenvalue weighted by Gasteiger charge is -2.19. The molecule has 0 radical (unpaired) electrons. The number of nitrogens with zero attached hydrogens (tertiary/aromatic N) is 2. The van der Waals surface area contributed by atoms with E-state index in [1.807, 2.05) is 37.2 Å². The number of hydrogen-bond acceptors (Lipinski definition) is 3. The van der Waals surface area contributed by atoms with Crippen molar-refractivity contribution in [2.24, 2.45) is 5.92 Å². The van der Waals surface area contributed by atoms with Crippen LogP contribution in [0.2, 0.25) is 0 Å². The molecular weight excluding hydrogens is 374 g/mol. The van der Waals surface area contributed by atoms with Gasteiger partial charge in [-0.2, -0.15) is 0 Å². The van der Waals surface area contributed by atoms with Crippen molar-refractivity contribution in [3.63, 3.8) is 0 Å². The molecule has 3 rings (SSSR count). The molecule has 0 spiro atoms. The van der Waals surface area contributed by atoms with Gasteiger partial charge in [-0.3, -0.25) is 0 Å². The lowest BCUT2D eigenvalue weighted by Crippen LogP contribution is -2.38. The van der Waals surface area contributed by atoms with E-state index in [1.54, 1.807) is 6.07 Å². The minimum Gasteiger partial charge on any atom is -0.371 e. The zero-order valence-electron chi connectivity index (χ0n) is 16.9. The number of amides is 2. The first-order valence-corrected chi connectivity index (χ1v) is 9.85.